The lowest BCUT2D eigenvalue weighted by Crippen LogP contribution is -2.10. The summed E-state index contributed by atoms with van der Waals surface area (Å²) in [4.78, 5) is 5.73. The van der Waals surface area contributed by atoms with Crippen LogP contribution in [0.5, 0.6) is 0 Å². The summed E-state index contributed by atoms with van der Waals surface area (Å²) in [7, 11) is 1.96. The van der Waals surface area contributed by atoms with E-state index in [2.05, 4.69) is 24.1 Å². The molecule has 0 saturated carbocycles. The average molecular weight is 267 g/mol. The summed E-state index contributed by atoms with van der Waals surface area (Å²) in [5.74, 6) is 0. The lowest BCUT2D eigenvalue weighted by molar-refractivity contribution is 0.662. The van der Waals surface area contributed by atoms with Crippen LogP contribution in [-0.2, 0) is 0 Å². The second kappa shape index (κ2) is 5.17. The standard InChI is InChI=1S/C13H15ClN2S/c1-8-6-10(14)4-5-11(8)13-16-7-12(17-13)9(2)15-3/h4-7,9,15H,1-3H3. The van der Waals surface area contributed by atoms with Crippen molar-refractivity contribution >= 4 is 22.9 Å². The van der Waals surface area contributed by atoms with E-state index in [9.17, 15) is 0 Å². The van der Waals surface area contributed by atoms with Crippen LogP contribution in [0.3, 0.4) is 0 Å². The fraction of sp³-hybridized carbons (Fsp3) is 0.308. The highest BCUT2D eigenvalue weighted by Crippen LogP contribution is 2.31. The predicted molar refractivity (Wildman–Crippen MR) is 74.8 cm³/mol. The van der Waals surface area contributed by atoms with E-state index in [1.54, 1.807) is 11.3 Å². The third-order valence-electron chi connectivity index (χ3n) is 2.80. The Morgan fingerprint density at radius 2 is 2.18 bits per heavy atom. The van der Waals surface area contributed by atoms with Crippen LogP contribution in [0.4, 0.5) is 0 Å². The smallest absolute Gasteiger partial charge is 0.123 e. The summed E-state index contributed by atoms with van der Waals surface area (Å²) < 4.78 is 0. The van der Waals surface area contributed by atoms with Gasteiger partial charge in [0.05, 0.1) is 0 Å². The highest BCUT2D eigenvalue weighted by molar-refractivity contribution is 7.15. The molecule has 2 nitrogen and oxygen atoms in total. The summed E-state index contributed by atoms with van der Waals surface area (Å²) in [6.45, 7) is 4.19. The summed E-state index contributed by atoms with van der Waals surface area (Å²) in [6, 6.07) is 6.25. The Morgan fingerprint density at radius 1 is 1.41 bits per heavy atom. The van der Waals surface area contributed by atoms with Crippen molar-refractivity contribution in [2.24, 2.45) is 0 Å². The number of thiazole rings is 1. The molecule has 4 heteroatoms. The lowest BCUT2D eigenvalue weighted by Gasteiger charge is -2.05. The maximum Gasteiger partial charge on any atom is 0.123 e. The van der Waals surface area contributed by atoms with Gasteiger partial charge in [0.25, 0.3) is 0 Å². The van der Waals surface area contributed by atoms with Gasteiger partial charge in [-0.2, -0.15) is 0 Å². The van der Waals surface area contributed by atoms with Gasteiger partial charge in [0.1, 0.15) is 5.01 Å². The maximum absolute atomic E-state index is 5.96. The van der Waals surface area contributed by atoms with E-state index >= 15 is 0 Å². The number of halogens is 1. The molecule has 1 aromatic heterocycles. The first-order valence-corrected chi connectivity index (χ1v) is 6.70. The van der Waals surface area contributed by atoms with Gasteiger partial charge in [0.15, 0.2) is 0 Å². The quantitative estimate of drug-likeness (QED) is 0.907. The molecule has 0 aliphatic carbocycles. The molecule has 0 saturated heterocycles. The minimum absolute atomic E-state index is 0.342. The van der Waals surface area contributed by atoms with Gasteiger partial charge >= 0.3 is 0 Å². The highest BCUT2D eigenvalue weighted by atomic mass is 35.5. The topological polar surface area (TPSA) is 24.9 Å². The first kappa shape index (κ1) is 12.6. The molecule has 0 radical (unpaired) electrons. The number of nitrogens with zero attached hydrogens (tertiary/aromatic N) is 1. The fourth-order valence-electron chi connectivity index (χ4n) is 1.62. The second-order valence-corrected chi connectivity index (χ2v) is 5.54. The van der Waals surface area contributed by atoms with Crippen LogP contribution >= 0.6 is 22.9 Å². The van der Waals surface area contributed by atoms with Crippen molar-refractivity contribution in [1.82, 2.24) is 10.3 Å². The third-order valence-corrected chi connectivity index (χ3v) is 4.25. The molecule has 0 spiro atoms. The average Bonchev–Trinajstić information content (AvgIpc) is 2.77. The van der Waals surface area contributed by atoms with Gasteiger partial charge in [0.2, 0.25) is 0 Å². The molecule has 1 aromatic carbocycles. The van der Waals surface area contributed by atoms with Gasteiger partial charge in [-0.05, 0) is 38.6 Å². The Balaban J connectivity index is 2.37. The van der Waals surface area contributed by atoms with Crippen molar-refractivity contribution in [3.8, 4) is 10.6 Å². The van der Waals surface area contributed by atoms with E-state index in [-0.39, 0.29) is 0 Å². The second-order valence-electron chi connectivity index (χ2n) is 4.04. The zero-order chi connectivity index (χ0) is 12.4. The number of hydrogen-bond donors (Lipinski definition) is 1. The van der Waals surface area contributed by atoms with Crippen LogP contribution in [0.1, 0.15) is 23.4 Å². The summed E-state index contributed by atoms with van der Waals surface area (Å²) >= 11 is 7.68. The Hall–Kier alpha value is -0.900. The Kier molecular flexibility index (Phi) is 3.82. The molecule has 0 aliphatic rings. The predicted octanol–water partition coefficient (Wildman–Crippen LogP) is 4.05. The Labute approximate surface area is 111 Å². The molecule has 0 aliphatic heterocycles. The maximum atomic E-state index is 5.96. The van der Waals surface area contributed by atoms with Crippen molar-refractivity contribution in [3.05, 3.63) is 39.9 Å². The SMILES string of the molecule is CNC(C)c1cnc(-c2ccc(Cl)cc2C)s1. The van der Waals surface area contributed by atoms with Gasteiger partial charge in [0, 0.05) is 27.7 Å². The van der Waals surface area contributed by atoms with Crippen LogP contribution < -0.4 is 5.32 Å². The van der Waals surface area contributed by atoms with Crippen LogP contribution in [-0.4, -0.2) is 12.0 Å². The van der Waals surface area contributed by atoms with E-state index in [1.807, 2.05) is 31.4 Å². The van der Waals surface area contributed by atoms with Gasteiger partial charge in [-0.25, -0.2) is 4.98 Å². The molecule has 2 rings (SSSR count). The lowest BCUT2D eigenvalue weighted by atomic mass is 10.1. The number of benzene rings is 1. The minimum Gasteiger partial charge on any atom is -0.312 e. The molecule has 0 amide bonds. The molecule has 1 unspecified atom stereocenters. The highest BCUT2D eigenvalue weighted by Gasteiger charge is 2.11. The first-order chi connectivity index (χ1) is 8.11. The summed E-state index contributed by atoms with van der Waals surface area (Å²) in [5.41, 5.74) is 2.32. The summed E-state index contributed by atoms with van der Waals surface area (Å²) in [5, 5.41) is 5.04. The third kappa shape index (κ3) is 2.68. The monoisotopic (exact) mass is 266 g/mol. The van der Waals surface area contributed by atoms with E-state index in [0.29, 0.717) is 6.04 Å². The fourth-order valence-corrected chi connectivity index (χ4v) is 2.91. The van der Waals surface area contributed by atoms with Crippen molar-refractivity contribution in [1.29, 1.82) is 0 Å². The zero-order valence-electron chi connectivity index (χ0n) is 10.1. The number of aromatic nitrogens is 1. The number of nitrogens with one attached hydrogen (secondary N) is 1. The molecule has 1 heterocycles. The Morgan fingerprint density at radius 3 is 2.82 bits per heavy atom. The van der Waals surface area contributed by atoms with E-state index in [0.717, 1.165) is 21.2 Å². The molecular weight excluding hydrogens is 252 g/mol. The van der Waals surface area contributed by atoms with Crippen molar-refractivity contribution in [2.75, 3.05) is 7.05 Å². The van der Waals surface area contributed by atoms with Gasteiger partial charge in [-0.1, -0.05) is 17.7 Å². The minimum atomic E-state index is 0.342. The number of aryl methyl sites for hydroxylation is 1. The van der Waals surface area contributed by atoms with E-state index in [4.69, 9.17) is 11.6 Å². The van der Waals surface area contributed by atoms with Gasteiger partial charge in [-0.15, -0.1) is 11.3 Å². The van der Waals surface area contributed by atoms with Gasteiger partial charge in [-0.3, -0.25) is 0 Å². The van der Waals surface area contributed by atoms with Crippen molar-refractivity contribution in [3.63, 3.8) is 0 Å². The van der Waals surface area contributed by atoms with Crippen LogP contribution in [0.2, 0.25) is 5.02 Å². The molecule has 0 fully saturated rings. The van der Waals surface area contributed by atoms with E-state index < -0.39 is 0 Å². The normalized spacial score (nSPS) is 12.7. The first-order valence-electron chi connectivity index (χ1n) is 5.51. The van der Waals surface area contributed by atoms with Gasteiger partial charge < -0.3 is 5.32 Å². The number of hydrogen-bond acceptors (Lipinski definition) is 3. The molecule has 90 valence electrons. The van der Waals surface area contributed by atoms with Crippen molar-refractivity contribution in [2.45, 2.75) is 19.9 Å². The zero-order valence-corrected chi connectivity index (χ0v) is 11.7. The van der Waals surface area contributed by atoms with Crippen molar-refractivity contribution < 1.29 is 0 Å². The largest absolute Gasteiger partial charge is 0.312 e. The molecule has 1 N–H and O–H groups in total. The van der Waals surface area contributed by atoms with Crippen LogP contribution in [0, 0.1) is 6.92 Å². The molecule has 1 atom stereocenters. The molecule has 0 bridgehead atoms. The molecule has 2 aromatic rings. The van der Waals surface area contributed by atoms with Crippen LogP contribution in [0.15, 0.2) is 24.4 Å². The van der Waals surface area contributed by atoms with Crippen LogP contribution in [0.25, 0.3) is 10.6 Å². The molecular formula is C13H15ClN2S. The molecule has 17 heavy (non-hydrogen) atoms. The van der Waals surface area contributed by atoms with E-state index in [1.165, 1.54) is 4.88 Å². The summed E-state index contributed by atoms with van der Waals surface area (Å²) in [6.07, 6.45) is 1.94. The Bertz CT molecular complexity index is 522. The number of rotatable bonds is 3.